The Balaban J connectivity index is 1.88. The van der Waals surface area contributed by atoms with Crippen molar-refractivity contribution in [2.45, 2.75) is 46.8 Å². The zero-order valence-corrected chi connectivity index (χ0v) is 19.3. The van der Waals surface area contributed by atoms with Crippen molar-refractivity contribution in [1.82, 2.24) is 4.90 Å². The van der Waals surface area contributed by atoms with Gasteiger partial charge in [0.2, 0.25) is 0 Å². The summed E-state index contributed by atoms with van der Waals surface area (Å²) >= 11 is 0. The number of hydrogen-bond acceptors (Lipinski definition) is 5. The van der Waals surface area contributed by atoms with Crippen LogP contribution in [0.5, 0.6) is 5.75 Å². The van der Waals surface area contributed by atoms with Gasteiger partial charge in [-0.3, -0.25) is 9.59 Å². The van der Waals surface area contributed by atoms with Crippen LogP contribution in [-0.4, -0.2) is 48.6 Å². The molecule has 0 aromatic heterocycles. The number of carbonyl (C=O) groups is 2. The maximum Gasteiger partial charge on any atom is 0.282 e. The Kier molecular flexibility index (Phi) is 6.07. The summed E-state index contributed by atoms with van der Waals surface area (Å²) in [5, 5.41) is 0. The molecular formula is C26H30N2O4. The first-order valence-electron chi connectivity index (χ1n) is 11.1. The van der Waals surface area contributed by atoms with E-state index in [9.17, 15) is 9.59 Å². The maximum atomic E-state index is 13.9. The highest BCUT2D eigenvalue weighted by Crippen LogP contribution is 2.40. The van der Waals surface area contributed by atoms with Crippen molar-refractivity contribution < 1.29 is 19.1 Å². The Labute approximate surface area is 189 Å². The molecule has 2 aliphatic heterocycles. The average Bonchev–Trinajstić information content (AvgIpc) is 2.98. The van der Waals surface area contributed by atoms with Crippen LogP contribution in [-0.2, 0) is 14.3 Å². The molecule has 2 aliphatic rings. The minimum Gasteiger partial charge on any atom is -0.492 e. The molecule has 0 radical (unpaired) electrons. The zero-order valence-electron chi connectivity index (χ0n) is 19.3. The third kappa shape index (κ3) is 3.91. The molecule has 0 aliphatic carbocycles. The molecule has 2 heterocycles. The van der Waals surface area contributed by atoms with Gasteiger partial charge in [0.25, 0.3) is 11.8 Å². The lowest BCUT2D eigenvalue weighted by Crippen LogP contribution is -2.47. The monoisotopic (exact) mass is 434 g/mol. The van der Waals surface area contributed by atoms with E-state index in [4.69, 9.17) is 9.47 Å². The first-order chi connectivity index (χ1) is 15.3. The van der Waals surface area contributed by atoms with Gasteiger partial charge >= 0.3 is 0 Å². The number of rotatable bonds is 5. The summed E-state index contributed by atoms with van der Waals surface area (Å²) in [7, 11) is 0. The van der Waals surface area contributed by atoms with Gasteiger partial charge in [0, 0.05) is 13.1 Å². The molecule has 2 unspecified atom stereocenters. The molecule has 0 bridgehead atoms. The zero-order chi connectivity index (χ0) is 23.0. The van der Waals surface area contributed by atoms with Crippen molar-refractivity contribution in [2.75, 3.05) is 24.6 Å². The summed E-state index contributed by atoms with van der Waals surface area (Å²) in [4.78, 5) is 31.0. The number of nitrogens with zero attached hydrogens (tertiary/aromatic N) is 2. The third-order valence-electron chi connectivity index (χ3n) is 5.85. The highest BCUT2D eigenvalue weighted by Gasteiger charge is 2.45. The molecule has 32 heavy (non-hydrogen) atoms. The Morgan fingerprint density at radius 1 is 1.00 bits per heavy atom. The number of ether oxygens (including phenoxy) is 2. The standard InChI is InChI=1S/C26H30N2O4/c1-6-31-22-10-8-7-9-21(22)28-25(29)23(20-12-11-16(2)13-17(20)3)24(26(28)30)27-14-18(4)32-19(5)15-27/h7-13,18-19H,6,14-15H2,1-5H3. The topological polar surface area (TPSA) is 59.1 Å². The second-order valence-electron chi connectivity index (χ2n) is 8.55. The number of para-hydroxylation sites is 2. The van der Waals surface area contributed by atoms with E-state index in [1.807, 2.05) is 69.9 Å². The number of morpholine rings is 1. The van der Waals surface area contributed by atoms with E-state index in [-0.39, 0.29) is 24.0 Å². The average molecular weight is 435 g/mol. The van der Waals surface area contributed by atoms with E-state index in [0.29, 0.717) is 42.4 Å². The van der Waals surface area contributed by atoms with Gasteiger partial charge in [-0.15, -0.1) is 0 Å². The first-order valence-corrected chi connectivity index (χ1v) is 11.1. The van der Waals surface area contributed by atoms with Crippen LogP contribution in [0.1, 0.15) is 37.5 Å². The quantitative estimate of drug-likeness (QED) is 0.664. The molecule has 0 saturated carbocycles. The number of imide groups is 1. The van der Waals surface area contributed by atoms with Crippen LogP contribution in [0.25, 0.3) is 5.57 Å². The Morgan fingerprint density at radius 2 is 1.69 bits per heavy atom. The van der Waals surface area contributed by atoms with Crippen LogP contribution < -0.4 is 9.64 Å². The van der Waals surface area contributed by atoms with Gasteiger partial charge in [-0.1, -0.05) is 35.9 Å². The van der Waals surface area contributed by atoms with Gasteiger partial charge in [-0.05, 0) is 57.9 Å². The van der Waals surface area contributed by atoms with Crippen molar-refractivity contribution in [2.24, 2.45) is 0 Å². The highest BCUT2D eigenvalue weighted by molar-refractivity contribution is 6.45. The van der Waals surface area contributed by atoms with E-state index in [0.717, 1.165) is 16.7 Å². The van der Waals surface area contributed by atoms with Crippen LogP contribution in [0, 0.1) is 13.8 Å². The molecule has 1 saturated heterocycles. The van der Waals surface area contributed by atoms with Crippen molar-refractivity contribution >= 4 is 23.1 Å². The van der Waals surface area contributed by atoms with Gasteiger partial charge in [0.05, 0.1) is 30.1 Å². The van der Waals surface area contributed by atoms with Gasteiger partial charge < -0.3 is 14.4 Å². The summed E-state index contributed by atoms with van der Waals surface area (Å²) < 4.78 is 11.6. The predicted octanol–water partition coefficient (Wildman–Crippen LogP) is 4.10. The Hall–Kier alpha value is -3.12. The number of benzene rings is 2. The number of anilines is 1. The predicted molar refractivity (Wildman–Crippen MR) is 125 cm³/mol. The minimum absolute atomic E-state index is 0.0423. The van der Waals surface area contributed by atoms with E-state index >= 15 is 0 Å². The van der Waals surface area contributed by atoms with Crippen LogP contribution in [0.15, 0.2) is 48.2 Å². The summed E-state index contributed by atoms with van der Waals surface area (Å²) in [6, 6.07) is 13.2. The molecule has 2 atom stereocenters. The van der Waals surface area contributed by atoms with Gasteiger partial charge in [-0.2, -0.15) is 0 Å². The molecule has 6 heteroatoms. The molecule has 168 valence electrons. The second-order valence-corrected chi connectivity index (χ2v) is 8.55. The van der Waals surface area contributed by atoms with Crippen molar-refractivity contribution in [1.29, 1.82) is 0 Å². The number of aryl methyl sites for hydroxylation is 2. The fraction of sp³-hybridized carbons (Fsp3) is 0.385. The Morgan fingerprint density at radius 3 is 2.34 bits per heavy atom. The number of carbonyl (C=O) groups excluding carboxylic acids is 2. The molecule has 4 rings (SSSR count). The fourth-order valence-corrected chi connectivity index (χ4v) is 4.65. The number of hydrogen-bond donors (Lipinski definition) is 0. The summed E-state index contributed by atoms with van der Waals surface area (Å²) in [6.45, 7) is 11.4. The SMILES string of the molecule is CCOc1ccccc1N1C(=O)C(c2ccc(C)cc2C)=C(N2CC(C)OC(C)C2)C1=O. The largest absolute Gasteiger partial charge is 0.492 e. The van der Waals surface area contributed by atoms with E-state index < -0.39 is 0 Å². The lowest BCUT2D eigenvalue weighted by atomic mass is 9.97. The van der Waals surface area contributed by atoms with Gasteiger partial charge in [0.15, 0.2) is 0 Å². The second kappa shape index (κ2) is 8.79. The van der Waals surface area contributed by atoms with Crippen molar-refractivity contribution in [3.8, 4) is 5.75 Å². The summed E-state index contributed by atoms with van der Waals surface area (Å²) in [6.07, 6.45) is -0.0847. The van der Waals surface area contributed by atoms with Crippen LogP contribution in [0.4, 0.5) is 5.69 Å². The number of amides is 2. The Bertz CT molecular complexity index is 1080. The normalized spacial score (nSPS) is 21.5. The molecule has 0 N–H and O–H groups in total. The van der Waals surface area contributed by atoms with Gasteiger partial charge in [-0.25, -0.2) is 4.90 Å². The smallest absolute Gasteiger partial charge is 0.282 e. The lowest BCUT2D eigenvalue weighted by molar-refractivity contribution is -0.121. The van der Waals surface area contributed by atoms with E-state index in [2.05, 4.69) is 0 Å². The van der Waals surface area contributed by atoms with Crippen molar-refractivity contribution in [3.05, 3.63) is 64.9 Å². The van der Waals surface area contributed by atoms with Crippen LogP contribution in [0.2, 0.25) is 0 Å². The van der Waals surface area contributed by atoms with Crippen LogP contribution in [0.3, 0.4) is 0 Å². The van der Waals surface area contributed by atoms with Crippen LogP contribution >= 0.6 is 0 Å². The summed E-state index contributed by atoms with van der Waals surface area (Å²) in [5.41, 5.74) is 4.21. The van der Waals surface area contributed by atoms with Crippen molar-refractivity contribution in [3.63, 3.8) is 0 Å². The lowest BCUT2D eigenvalue weighted by Gasteiger charge is -2.37. The van der Waals surface area contributed by atoms with E-state index in [1.165, 1.54) is 4.90 Å². The molecule has 2 aromatic carbocycles. The van der Waals surface area contributed by atoms with E-state index in [1.54, 1.807) is 12.1 Å². The molecular weight excluding hydrogens is 404 g/mol. The molecule has 2 amide bonds. The molecule has 2 aromatic rings. The first kappa shape index (κ1) is 22.1. The highest BCUT2D eigenvalue weighted by atomic mass is 16.5. The molecule has 1 fully saturated rings. The maximum absolute atomic E-state index is 13.9. The summed E-state index contributed by atoms with van der Waals surface area (Å²) in [5.74, 6) is -0.129. The third-order valence-corrected chi connectivity index (χ3v) is 5.85. The molecule has 0 spiro atoms. The van der Waals surface area contributed by atoms with Gasteiger partial charge in [0.1, 0.15) is 11.4 Å². The minimum atomic E-state index is -0.323. The fourth-order valence-electron chi connectivity index (χ4n) is 4.65. The molecule has 6 nitrogen and oxygen atoms in total.